The minimum atomic E-state index is 0.726. The largest absolute Gasteiger partial charge is 0.399 e. The van der Waals surface area contributed by atoms with E-state index in [1.54, 1.807) is 0 Å². The van der Waals surface area contributed by atoms with Gasteiger partial charge in [-0.3, -0.25) is 4.40 Å². The van der Waals surface area contributed by atoms with Crippen molar-refractivity contribution in [1.29, 1.82) is 0 Å². The molecule has 2 aromatic carbocycles. The third-order valence-electron chi connectivity index (χ3n) is 3.80. The van der Waals surface area contributed by atoms with Crippen molar-refractivity contribution in [2.75, 3.05) is 5.73 Å². The lowest BCUT2D eigenvalue weighted by Crippen LogP contribution is -1.99. The van der Waals surface area contributed by atoms with E-state index >= 15 is 0 Å². The van der Waals surface area contributed by atoms with Crippen molar-refractivity contribution in [3.63, 3.8) is 0 Å². The van der Waals surface area contributed by atoms with Crippen LogP contribution in [0, 0.1) is 6.92 Å². The number of hydrogen-bond acceptors (Lipinski definition) is 4. The maximum absolute atomic E-state index is 5.75. The highest BCUT2D eigenvalue weighted by Gasteiger charge is 2.12. The molecule has 0 fully saturated rings. The molecule has 4 aromatic rings. The SMILES string of the molecule is Cc1nc(-c2ccccc2)cc2nnc(-c3ccc(N)cc3)n12. The average Bonchev–Trinajstić information content (AvgIpc) is 3.01. The molecule has 4 rings (SSSR count). The fourth-order valence-electron chi connectivity index (χ4n) is 2.66. The first-order valence-electron chi connectivity index (χ1n) is 7.36. The van der Waals surface area contributed by atoms with Gasteiger partial charge in [-0.25, -0.2) is 4.98 Å². The van der Waals surface area contributed by atoms with E-state index in [9.17, 15) is 0 Å². The third-order valence-corrected chi connectivity index (χ3v) is 3.80. The predicted molar refractivity (Wildman–Crippen MR) is 90.8 cm³/mol. The first kappa shape index (κ1) is 13.5. The van der Waals surface area contributed by atoms with Gasteiger partial charge in [-0.05, 0) is 31.2 Å². The third kappa shape index (κ3) is 2.32. The summed E-state index contributed by atoms with van der Waals surface area (Å²) >= 11 is 0. The Morgan fingerprint density at radius 3 is 2.35 bits per heavy atom. The molecule has 0 atom stereocenters. The van der Waals surface area contributed by atoms with Gasteiger partial charge >= 0.3 is 0 Å². The molecule has 0 radical (unpaired) electrons. The molecule has 0 saturated heterocycles. The van der Waals surface area contributed by atoms with E-state index < -0.39 is 0 Å². The molecular formula is C18H15N5. The van der Waals surface area contributed by atoms with Crippen molar-refractivity contribution < 1.29 is 0 Å². The molecule has 0 bridgehead atoms. The van der Waals surface area contributed by atoms with Gasteiger partial charge in [0.15, 0.2) is 11.5 Å². The number of rotatable bonds is 2. The Balaban J connectivity index is 1.89. The normalized spacial score (nSPS) is 11.0. The number of nitrogens with zero attached hydrogens (tertiary/aromatic N) is 4. The first-order valence-corrected chi connectivity index (χ1v) is 7.36. The maximum atomic E-state index is 5.75. The van der Waals surface area contributed by atoms with E-state index in [0.717, 1.165) is 39.8 Å². The summed E-state index contributed by atoms with van der Waals surface area (Å²) in [7, 11) is 0. The molecule has 5 nitrogen and oxygen atoms in total. The summed E-state index contributed by atoms with van der Waals surface area (Å²) < 4.78 is 1.96. The summed E-state index contributed by atoms with van der Waals surface area (Å²) in [6.07, 6.45) is 0. The topological polar surface area (TPSA) is 69.1 Å². The van der Waals surface area contributed by atoms with Gasteiger partial charge in [0.05, 0.1) is 5.69 Å². The molecule has 23 heavy (non-hydrogen) atoms. The molecule has 112 valence electrons. The summed E-state index contributed by atoms with van der Waals surface area (Å²) in [4.78, 5) is 4.71. The van der Waals surface area contributed by atoms with Gasteiger partial charge in [0, 0.05) is 22.9 Å². The van der Waals surface area contributed by atoms with E-state index in [2.05, 4.69) is 10.2 Å². The van der Waals surface area contributed by atoms with Gasteiger partial charge in [-0.1, -0.05) is 30.3 Å². The van der Waals surface area contributed by atoms with Crippen LogP contribution in [-0.4, -0.2) is 19.6 Å². The molecule has 2 N–H and O–H groups in total. The van der Waals surface area contributed by atoms with Crippen LogP contribution in [0.4, 0.5) is 5.69 Å². The monoisotopic (exact) mass is 301 g/mol. The number of aromatic nitrogens is 4. The smallest absolute Gasteiger partial charge is 0.169 e. The fraction of sp³-hybridized carbons (Fsp3) is 0.0556. The Kier molecular flexibility index (Phi) is 3.05. The van der Waals surface area contributed by atoms with E-state index in [0.29, 0.717) is 0 Å². The molecule has 0 saturated carbocycles. The molecule has 5 heteroatoms. The highest BCUT2D eigenvalue weighted by atomic mass is 15.3. The van der Waals surface area contributed by atoms with Gasteiger partial charge in [-0.15, -0.1) is 10.2 Å². The molecule has 0 unspecified atom stereocenters. The second-order valence-corrected chi connectivity index (χ2v) is 5.39. The quantitative estimate of drug-likeness (QED) is 0.576. The second-order valence-electron chi connectivity index (χ2n) is 5.39. The minimum absolute atomic E-state index is 0.726. The standard InChI is InChI=1S/C18H15N5/c1-12-20-16(13-5-3-2-4-6-13)11-17-21-22-18(23(12)17)14-7-9-15(19)10-8-14/h2-11H,19H2,1H3. The first-order chi connectivity index (χ1) is 11.2. The van der Waals surface area contributed by atoms with Gasteiger partial charge in [-0.2, -0.15) is 0 Å². The summed E-state index contributed by atoms with van der Waals surface area (Å²) in [6.45, 7) is 1.96. The Labute approximate surface area is 133 Å². The van der Waals surface area contributed by atoms with Crippen LogP contribution < -0.4 is 5.73 Å². The van der Waals surface area contributed by atoms with Crippen molar-refractivity contribution in [1.82, 2.24) is 19.6 Å². The lowest BCUT2D eigenvalue weighted by Gasteiger charge is -2.07. The van der Waals surface area contributed by atoms with Crippen LogP contribution in [0.1, 0.15) is 5.82 Å². The number of benzene rings is 2. The van der Waals surface area contributed by atoms with Crippen molar-refractivity contribution >= 4 is 11.3 Å². The molecule has 0 aliphatic carbocycles. The zero-order chi connectivity index (χ0) is 15.8. The van der Waals surface area contributed by atoms with Gasteiger partial charge in [0.2, 0.25) is 0 Å². The van der Waals surface area contributed by atoms with Crippen molar-refractivity contribution in [3.05, 3.63) is 66.5 Å². The number of hydrogen-bond donors (Lipinski definition) is 1. The molecule has 2 heterocycles. The summed E-state index contributed by atoms with van der Waals surface area (Å²) in [5.74, 6) is 1.61. The van der Waals surface area contributed by atoms with Crippen LogP contribution >= 0.6 is 0 Å². The van der Waals surface area contributed by atoms with Crippen LogP contribution in [0.25, 0.3) is 28.3 Å². The molecule has 0 spiro atoms. The van der Waals surface area contributed by atoms with Crippen molar-refractivity contribution in [2.24, 2.45) is 0 Å². The van der Waals surface area contributed by atoms with E-state index in [1.165, 1.54) is 0 Å². The highest BCUT2D eigenvalue weighted by molar-refractivity contribution is 5.67. The maximum Gasteiger partial charge on any atom is 0.169 e. The molecule has 0 aliphatic heterocycles. The molecule has 2 aromatic heterocycles. The number of anilines is 1. The zero-order valence-corrected chi connectivity index (χ0v) is 12.6. The number of nitrogens with two attached hydrogens (primary N) is 1. The van der Waals surface area contributed by atoms with Crippen LogP contribution in [0.15, 0.2) is 60.7 Å². The zero-order valence-electron chi connectivity index (χ0n) is 12.6. The summed E-state index contributed by atoms with van der Waals surface area (Å²) in [5, 5.41) is 8.63. The average molecular weight is 301 g/mol. The summed E-state index contributed by atoms with van der Waals surface area (Å²) in [5.41, 5.74) is 10.2. The van der Waals surface area contributed by atoms with Gasteiger partial charge in [0.25, 0.3) is 0 Å². The number of aryl methyl sites for hydroxylation is 1. The van der Waals surface area contributed by atoms with E-state index in [-0.39, 0.29) is 0 Å². The Hall–Kier alpha value is -3.21. The second kappa shape index (κ2) is 5.21. The molecular weight excluding hydrogens is 286 g/mol. The highest BCUT2D eigenvalue weighted by Crippen LogP contribution is 2.24. The number of fused-ring (bicyclic) bond motifs is 1. The minimum Gasteiger partial charge on any atom is -0.399 e. The number of nitrogen functional groups attached to an aromatic ring is 1. The predicted octanol–water partition coefficient (Wildman–Crippen LogP) is 3.35. The molecule has 0 amide bonds. The van der Waals surface area contributed by atoms with Crippen LogP contribution in [0.3, 0.4) is 0 Å². The summed E-state index contributed by atoms with van der Waals surface area (Å²) in [6, 6.07) is 19.6. The lowest BCUT2D eigenvalue weighted by molar-refractivity contribution is 0.992. The van der Waals surface area contributed by atoms with E-state index in [1.807, 2.05) is 72.0 Å². The van der Waals surface area contributed by atoms with Crippen LogP contribution in [0.5, 0.6) is 0 Å². The Morgan fingerprint density at radius 2 is 1.61 bits per heavy atom. The van der Waals surface area contributed by atoms with Crippen molar-refractivity contribution in [3.8, 4) is 22.6 Å². The fourth-order valence-corrected chi connectivity index (χ4v) is 2.66. The Morgan fingerprint density at radius 1 is 0.870 bits per heavy atom. The van der Waals surface area contributed by atoms with Crippen LogP contribution in [-0.2, 0) is 0 Å². The van der Waals surface area contributed by atoms with Gasteiger partial charge < -0.3 is 5.73 Å². The van der Waals surface area contributed by atoms with Gasteiger partial charge in [0.1, 0.15) is 5.82 Å². The van der Waals surface area contributed by atoms with Crippen LogP contribution in [0.2, 0.25) is 0 Å². The van der Waals surface area contributed by atoms with E-state index in [4.69, 9.17) is 10.7 Å². The Bertz CT molecular complexity index is 972. The lowest BCUT2D eigenvalue weighted by atomic mass is 10.1. The van der Waals surface area contributed by atoms with Crippen molar-refractivity contribution in [2.45, 2.75) is 6.92 Å². The molecule has 0 aliphatic rings.